The van der Waals surface area contributed by atoms with Gasteiger partial charge in [-0.1, -0.05) is 18.2 Å². The molecular formula is C15H19N3O2. The molecule has 0 spiro atoms. The molecule has 106 valence electrons. The molecule has 1 heterocycles. The van der Waals surface area contributed by atoms with Crippen LogP contribution in [0.1, 0.15) is 29.8 Å². The number of carbonyl (C=O) groups is 1. The first-order valence-electron chi connectivity index (χ1n) is 7.06. The van der Waals surface area contributed by atoms with E-state index in [9.17, 15) is 9.90 Å². The Morgan fingerprint density at radius 3 is 2.85 bits per heavy atom. The second kappa shape index (κ2) is 5.25. The minimum Gasteiger partial charge on any atom is -0.395 e. The number of nitrogens with zero attached hydrogens (tertiary/aromatic N) is 3. The number of hydrogen-bond acceptors (Lipinski definition) is 3. The molecule has 1 fully saturated rings. The number of fused-ring (bicyclic) bond motifs is 1. The number of aryl methyl sites for hydroxylation is 1. The van der Waals surface area contributed by atoms with E-state index in [4.69, 9.17) is 0 Å². The topological polar surface area (TPSA) is 58.4 Å². The van der Waals surface area contributed by atoms with Crippen LogP contribution >= 0.6 is 0 Å². The number of aliphatic hydroxyl groups excluding tert-OH is 1. The molecule has 20 heavy (non-hydrogen) atoms. The zero-order valence-corrected chi connectivity index (χ0v) is 11.6. The molecule has 1 aliphatic rings. The van der Waals surface area contributed by atoms with Crippen LogP contribution in [0.2, 0.25) is 0 Å². The summed E-state index contributed by atoms with van der Waals surface area (Å²) < 4.78 is 1.74. The lowest BCUT2D eigenvalue weighted by Crippen LogP contribution is -2.45. The summed E-state index contributed by atoms with van der Waals surface area (Å²) in [6.45, 7) is 0.376. The second-order valence-electron chi connectivity index (χ2n) is 5.30. The van der Waals surface area contributed by atoms with Crippen LogP contribution in [0.4, 0.5) is 0 Å². The van der Waals surface area contributed by atoms with Crippen molar-refractivity contribution in [1.82, 2.24) is 14.7 Å². The lowest BCUT2D eigenvalue weighted by molar-refractivity contribution is 0.0521. The van der Waals surface area contributed by atoms with Gasteiger partial charge in [-0.2, -0.15) is 5.10 Å². The Bertz CT molecular complexity index is 631. The van der Waals surface area contributed by atoms with Crippen LogP contribution < -0.4 is 0 Å². The summed E-state index contributed by atoms with van der Waals surface area (Å²) >= 11 is 0. The van der Waals surface area contributed by atoms with E-state index in [-0.39, 0.29) is 18.6 Å². The maximum atomic E-state index is 12.7. The Labute approximate surface area is 117 Å². The molecule has 1 N–H and O–H groups in total. The van der Waals surface area contributed by atoms with Gasteiger partial charge in [0.05, 0.1) is 12.1 Å². The van der Waals surface area contributed by atoms with Gasteiger partial charge < -0.3 is 10.0 Å². The average Bonchev–Trinajstić information content (AvgIpc) is 2.74. The van der Waals surface area contributed by atoms with E-state index >= 15 is 0 Å². The van der Waals surface area contributed by atoms with Gasteiger partial charge >= 0.3 is 0 Å². The van der Waals surface area contributed by atoms with Crippen molar-refractivity contribution in [3.63, 3.8) is 0 Å². The monoisotopic (exact) mass is 273 g/mol. The number of para-hydroxylation sites is 1. The van der Waals surface area contributed by atoms with Crippen molar-refractivity contribution < 1.29 is 9.90 Å². The molecule has 1 aromatic carbocycles. The number of benzene rings is 1. The van der Waals surface area contributed by atoms with Gasteiger partial charge in [-0.3, -0.25) is 9.48 Å². The number of hydrogen-bond donors (Lipinski definition) is 1. The number of carbonyl (C=O) groups excluding carboxylic acids is 1. The van der Waals surface area contributed by atoms with Crippen molar-refractivity contribution >= 4 is 16.8 Å². The van der Waals surface area contributed by atoms with Crippen molar-refractivity contribution in [2.24, 2.45) is 7.05 Å². The molecule has 5 nitrogen and oxygen atoms in total. The van der Waals surface area contributed by atoms with Crippen LogP contribution in [-0.2, 0) is 7.05 Å². The van der Waals surface area contributed by atoms with E-state index in [1.54, 1.807) is 9.58 Å². The van der Waals surface area contributed by atoms with E-state index in [2.05, 4.69) is 5.10 Å². The summed E-state index contributed by atoms with van der Waals surface area (Å²) in [5, 5.41) is 14.5. The van der Waals surface area contributed by atoms with Gasteiger partial charge in [0, 0.05) is 25.0 Å². The molecule has 0 aliphatic heterocycles. The predicted molar refractivity (Wildman–Crippen MR) is 76.5 cm³/mol. The molecule has 0 saturated heterocycles. The predicted octanol–water partition coefficient (Wildman–Crippen LogP) is 1.56. The molecule has 3 rings (SSSR count). The molecule has 2 aromatic rings. The van der Waals surface area contributed by atoms with Gasteiger partial charge in [-0.25, -0.2) is 0 Å². The van der Waals surface area contributed by atoms with Crippen LogP contribution in [0.15, 0.2) is 24.3 Å². The van der Waals surface area contributed by atoms with E-state index in [0.29, 0.717) is 12.2 Å². The first-order chi connectivity index (χ1) is 9.72. The Morgan fingerprint density at radius 1 is 1.45 bits per heavy atom. The molecule has 1 amide bonds. The van der Waals surface area contributed by atoms with E-state index < -0.39 is 0 Å². The summed E-state index contributed by atoms with van der Waals surface area (Å²) in [5.41, 5.74) is 1.44. The molecule has 0 unspecified atom stereocenters. The maximum Gasteiger partial charge on any atom is 0.275 e. The molecule has 0 radical (unpaired) electrons. The highest BCUT2D eigenvalue weighted by Crippen LogP contribution is 2.27. The Morgan fingerprint density at radius 2 is 2.20 bits per heavy atom. The zero-order chi connectivity index (χ0) is 14.1. The fourth-order valence-electron chi connectivity index (χ4n) is 2.76. The molecule has 0 atom stereocenters. The fourth-order valence-corrected chi connectivity index (χ4v) is 2.76. The largest absolute Gasteiger partial charge is 0.395 e. The Kier molecular flexibility index (Phi) is 3.44. The molecular weight excluding hydrogens is 254 g/mol. The maximum absolute atomic E-state index is 12.7. The van der Waals surface area contributed by atoms with Gasteiger partial charge in [-0.05, 0) is 25.3 Å². The number of rotatable bonds is 4. The first kappa shape index (κ1) is 13.1. The van der Waals surface area contributed by atoms with Crippen LogP contribution in [0, 0.1) is 0 Å². The van der Waals surface area contributed by atoms with Crippen LogP contribution in [-0.4, -0.2) is 44.9 Å². The smallest absolute Gasteiger partial charge is 0.275 e. The fraction of sp³-hybridized carbons (Fsp3) is 0.467. The van der Waals surface area contributed by atoms with Crippen molar-refractivity contribution in [2.45, 2.75) is 25.3 Å². The van der Waals surface area contributed by atoms with Gasteiger partial charge in [0.25, 0.3) is 5.91 Å². The zero-order valence-electron chi connectivity index (χ0n) is 11.6. The quantitative estimate of drug-likeness (QED) is 0.919. The third kappa shape index (κ3) is 2.08. The van der Waals surface area contributed by atoms with Crippen LogP contribution in [0.5, 0.6) is 0 Å². The highest BCUT2D eigenvalue weighted by Gasteiger charge is 2.31. The van der Waals surface area contributed by atoms with Gasteiger partial charge in [0.2, 0.25) is 0 Å². The van der Waals surface area contributed by atoms with Crippen molar-refractivity contribution in [3.05, 3.63) is 30.0 Å². The molecule has 0 bridgehead atoms. The van der Waals surface area contributed by atoms with Crippen LogP contribution in [0.3, 0.4) is 0 Å². The third-order valence-corrected chi connectivity index (χ3v) is 4.08. The minimum atomic E-state index is -0.0689. The Balaban J connectivity index is 1.98. The second-order valence-corrected chi connectivity index (χ2v) is 5.30. The summed E-state index contributed by atoms with van der Waals surface area (Å²) in [5.74, 6) is -0.0689. The highest BCUT2D eigenvalue weighted by molar-refractivity contribution is 6.05. The standard InChI is InChI=1S/C15H19N3O2/c1-17-13-8-3-2-7-12(13)14(16-17)15(20)18(9-10-19)11-5-4-6-11/h2-3,7-8,11,19H,4-6,9-10H2,1H3. The minimum absolute atomic E-state index is 0.00694. The number of amides is 1. The average molecular weight is 273 g/mol. The lowest BCUT2D eigenvalue weighted by atomic mass is 9.91. The number of aliphatic hydroxyl groups is 1. The Hall–Kier alpha value is -1.88. The normalized spacial score (nSPS) is 15.3. The molecule has 1 aromatic heterocycles. The number of aromatic nitrogens is 2. The van der Waals surface area contributed by atoms with Gasteiger partial charge in [0.1, 0.15) is 0 Å². The summed E-state index contributed by atoms with van der Waals surface area (Å²) in [4.78, 5) is 14.5. The summed E-state index contributed by atoms with van der Waals surface area (Å²) in [6, 6.07) is 8.00. The van der Waals surface area contributed by atoms with Gasteiger partial charge in [-0.15, -0.1) is 0 Å². The van der Waals surface area contributed by atoms with Crippen molar-refractivity contribution in [1.29, 1.82) is 0 Å². The summed E-state index contributed by atoms with van der Waals surface area (Å²) in [7, 11) is 1.85. The van der Waals surface area contributed by atoms with Crippen molar-refractivity contribution in [2.75, 3.05) is 13.2 Å². The van der Waals surface area contributed by atoms with E-state index in [1.165, 1.54) is 0 Å². The van der Waals surface area contributed by atoms with E-state index in [1.807, 2.05) is 31.3 Å². The molecule has 5 heteroatoms. The SMILES string of the molecule is Cn1nc(C(=O)N(CCO)C2CCC2)c2ccccc21. The van der Waals surface area contributed by atoms with Gasteiger partial charge in [0.15, 0.2) is 5.69 Å². The summed E-state index contributed by atoms with van der Waals surface area (Å²) in [6.07, 6.45) is 3.20. The lowest BCUT2D eigenvalue weighted by Gasteiger charge is -2.36. The molecule has 1 saturated carbocycles. The van der Waals surface area contributed by atoms with Crippen LogP contribution in [0.25, 0.3) is 10.9 Å². The first-order valence-corrected chi connectivity index (χ1v) is 7.06. The van der Waals surface area contributed by atoms with E-state index in [0.717, 1.165) is 30.2 Å². The highest BCUT2D eigenvalue weighted by atomic mass is 16.3. The molecule has 1 aliphatic carbocycles. The van der Waals surface area contributed by atoms with Crippen molar-refractivity contribution in [3.8, 4) is 0 Å². The third-order valence-electron chi connectivity index (χ3n) is 4.08.